The van der Waals surface area contributed by atoms with Crippen molar-refractivity contribution in [3.05, 3.63) is 0 Å². The first-order valence-corrected chi connectivity index (χ1v) is 5.48. The van der Waals surface area contributed by atoms with Crippen LogP contribution >= 0.6 is 0 Å². The highest BCUT2D eigenvalue weighted by molar-refractivity contribution is 4.98. The molecule has 2 aliphatic rings. The van der Waals surface area contributed by atoms with Gasteiger partial charge in [0.2, 0.25) is 0 Å². The average Bonchev–Trinajstić information content (AvgIpc) is 2.64. The van der Waals surface area contributed by atoms with Crippen molar-refractivity contribution in [2.45, 2.75) is 38.9 Å². The summed E-state index contributed by atoms with van der Waals surface area (Å²) in [4.78, 5) is 0. The molecule has 0 amide bonds. The maximum atomic E-state index is 9.53. The van der Waals surface area contributed by atoms with Crippen LogP contribution in [-0.2, 0) is 9.47 Å². The lowest BCUT2D eigenvalue weighted by Crippen LogP contribution is -2.54. The molecule has 1 heterocycles. The summed E-state index contributed by atoms with van der Waals surface area (Å²) in [5, 5.41) is 9.53. The smallest absolute Gasteiger partial charge is 0.0675 e. The highest BCUT2D eigenvalue weighted by atomic mass is 16.5. The summed E-state index contributed by atoms with van der Waals surface area (Å²) < 4.78 is 11.1. The molecule has 0 spiro atoms. The molecule has 2 fully saturated rings. The molecule has 1 aliphatic carbocycles. The zero-order valence-corrected chi connectivity index (χ0v) is 9.03. The first-order chi connectivity index (χ1) is 6.60. The van der Waals surface area contributed by atoms with Crippen LogP contribution in [0.5, 0.6) is 0 Å². The van der Waals surface area contributed by atoms with Gasteiger partial charge in [0, 0.05) is 24.4 Å². The van der Waals surface area contributed by atoms with Crippen LogP contribution in [0.2, 0.25) is 0 Å². The zero-order chi connectivity index (χ0) is 10.2. The van der Waals surface area contributed by atoms with Crippen LogP contribution < -0.4 is 0 Å². The minimum Gasteiger partial charge on any atom is -0.392 e. The number of rotatable bonds is 3. The molecule has 1 aliphatic heterocycles. The molecule has 0 aromatic heterocycles. The minimum absolute atomic E-state index is 0.0561. The third-order valence-electron chi connectivity index (χ3n) is 3.68. The number of aliphatic hydroxyl groups excluding tert-OH is 1. The quantitative estimate of drug-likeness (QED) is 0.744. The summed E-state index contributed by atoms with van der Waals surface area (Å²) >= 11 is 0. The molecule has 0 bridgehead atoms. The van der Waals surface area contributed by atoms with Gasteiger partial charge in [0.1, 0.15) is 0 Å². The van der Waals surface area contributed by atoms with Gasteiger partial charge in [-0.15, -0.1) is 0 Å². The fourth-order valence-corrected chi connectivity index (χ4v) is 2.11. The molecule has 3 atom stereocenters. The lowest BCUT2D eigenvalue weighted by Gasteiger charge is -2.48. The first-order valence-electron chi connectivity index (χ1n) is 5.48. The van der Waals surface area contributed by atoms with E-state index in [0.717, 1.165) is 32.7 Å². The van der Waals surface area contributed by atoms with Crippen LogP contribution in [0.1, 0.15) is 26.7 Å². The predicted octanol–water partition coefficient (Wildman–Crippen LogP) is 1.20. The van der Waals surface area contributed by atoms with E-state index in [-0.39, 0.29) is 17.6 Å². The SMILES string of the molecule is CC1(C)C(O)CC1OCC1CCOC1. The zero-order valence-electron chi connectivity index (χ0n) is 9.03. The topological polar surface area (TPSA) is 38.7 Å². The van der Waals surface area contributed by atoms with Crippen molar-refractivity contribution in [2.24, 2.45) is 11.3 Å². The maximum absolute atomic E-state index is 9.53. The van der Waals surface area contributed by atoms with Crippen molar-refractivity contribution in [3.63, 3.8) is 0 Å². The number of hydrogen-bond acceptors (Lipinski definition) is 3. The van der Waals surface area contributed by atoms with E-state index in [1.807, 2.05) is 0 Å². The summed E-state index contributed by atoms with van der Waals surface area (Å²) in [6, 6.07) is 0. The number of ether oxygens (including phenoxy) is 2. The van der Waals surface area contributed by atoms with Gasteiger partial charge in [-0.3, -0.25) is 0 Å². The predicted molar refractivity (Wildman–Crippen MR) is 53.1 cm³/mol. The molecule has 14 heavy (non-hydrogen) atoms. The van der Waals surface area contributed by atoms with Gasteiger partial charge in [0.15, 0.2) is 0 Å². The van der Waals surface area contributed by atoms with Gasteiger partial charge in [0.05, 0.1) is 25.4 Å². The van der Waals surface area contributed by atoms with Gasteiger partial charge in [-0.1, -0.05) is 13.8 Å². The molecule has 82 valence electrons. The van der Waals surface area contributed by atoms with Crippen LogP contribution in [-0.4, -0.2) is 37.1 Å². The first kappa shape index (κ1) is 10.4. The molecular weight excluding hydrogens is 180 g/mol. The van der Waals surface area contributed by atoms with Crippen LogP contribution in [0.15, 0.2) is 0 Å². The van der Waals surface area contributed by atoms with Crippen molar-refractivity contribution in [1.82, 2.24) is 0 Å². The number of aliphatic hydroxyl groups is 1. The van der Waals surface area contributed by atoms with E-state index in [0.29, 0.717) is 5.92 Å². The van der Waals surface area contributed by atoms with Gasteiger partial charge >= 0.3 is 0 Å². The van der Waals surface area contributed by atoms with E-state index in [9.17, 15) is 5.11 Å². The summed E-state index contributed by atoms with van der Waals surface area (Å²) in [5.74, 6) is 0.573. The van der Waals surface area contributed by atoms with Crippen LogP contribution in [0.4, 0.5) is 0 Å². The van der Waals surface area contributed by atoms with E-state index in [1.54, 1.807) is 0 Å². The maximum Gasteiger partial charge on any atom is 0.0675 e. The molecule has 1 saturated carbocycles. The molecule has 1 N–H and O–H groups in total. The second-order valence-corrected chi connectivity index (χ2v) is 5.12. The van der Waals surface area contributed by atoms with E-state index < -0.39 is 0 Å². The average molecular weight is 200 g/mol. The largest absolute Gasteiger partial charge is 0.392 e. The molecule has 0 radical (unpaired) electrons. The number of hydrogen-bond donors (Lipinski definition) is 1. The summed E-state index contributed by atoms with van der Waals surface area (Å²) in [7, 11) is 0. The molecule has 3 nitrogen and oxygen atoms in total. The van der Waals surface area contributed by atoms with Crippen LogP contribution in [0.3, 0.4) is 0 Å². The second-order valence-electron chi connectivity index (χ2n) is 5.12. The Kier molecular flexibility index (Phi) is 2.82. The van der Waals surface area contributed by atoms with E-state index in [2.05, 4.69) is 13.8 Å². The Morgan fingerprint density at radius 3 is 2.79 bits per heavy atom. The molecule has 0 aromatic carbocycles. The Morgan fingerprint density at radius 2 is 2.29 bits per heavy atom. The third kappa shape index (κ3) is 1.81. The van der Waals surface area contributed by atoms with Gasteiger partial charge in [-0.2, -0.15) is 0 Å². The van der Waals surface area contributed by atoms with Gasteiger partial charge in [-0.25, -0.2) is 0 Å². The van der Waals surface area contributed by atoms with E-state index >= 15 is 0 Å². The fraction of sp³-hybridized carbons (Fsp3) is 1.00. The van der Waals surface area contributed by atoms with Gasteiger partial charge in [-0.05, 0) is 6.42 Å². The fourth-order valence-electron chi connectivity index (χ4n) is 2.11. The van der Waals surface area contributed by atoms with Crippen molar-refractivity contribution in [3.8, 4) is 0 Å². The molecule has 2 rings (SSSR count). The standard InChI is InChI=1S/C11H20O3/c1-11(2)9(12)5-10(11)14-7-8-3-4-13-6-8/h8-10,12H,3-7H2,1-2H3. The molecule has 3 heteroatoms. The molecular formula is C11H20O3. The van der Waals surface area contributed by atoms with E-state index in [1.165, 1.54) is 0 Å². The Bertz CT molecular complexity index is 197. The summed E-state index contributed by atoms with van der Waals surface area (Å²) in [6.45, 7) is 6.65. The Morgan fingerprint density at radius 1 is 1.50 bits per heavy atom. The highest BCUT2D eigenvalue weighted by Crippen LogP contribution is 2.42. The third-order valence-corrected chi connectivity index (χ3v) is 3.68. The molecule has 3 unspecified atom stereocenters. The van der Waals surface area contributed by atoms with Crippen molar-refractivity contribution in [1.29, 1.82) is 0 Å². The lowest BCUT2D eigenvalue weighted by atomic mass is 9.66. The lowest BCUT2D eigenvalue weighted by molar-refractivity contribution is -0.179. The van der Waals surface area contributed by atoms with Gasteiger partial charge < -0.3 is 14.6 Å². The Balaban J connectivity index is 1.71. The normalized spacial score (nSPS) is 40.9. The highest BCUT2D eigenvalue weighted by Gasteiger charge is 2.48. The molecule has 0 aromatic rings. The summed E-state index contributed by atoms with van der Waals surface area (Å²) in [6.07, 6.45) is 1.96. The van der Waals surface area contributed by atoms with Crippen molar-refractivity contribution >= 4 is 0 Å². The van der Waals surface area contributed by atoms with Crippen molar-refractivity contribution < 1.29 is 14.6 Å². The van der Waals surface area contributed by atoms with E-state index in [4.69, 9.17) is 9.47 Å². The molecule has 1 saturated heterocycles. The summed E-state index contributed by atoms with van der Waals surface area (Å²) in [5.41, 5.74) is -0.0561. The van der Waals surface area contributed by atoms with Gasteiger partial charge in [0.25, 0.3) is 0 Å². The Hall–Kier alpha value is -0.120. The minimum atomic E-state index is -0.188. The van der Waals surface area contributed by atoms with Crippen LogP contribution in [0.25, 0.3) is 0 Å². The monoisotopic (exact) mass is 200 g/mol. The Labute approximate surface area is 85.4 Å². The second kappa shape index (κ2) is 3.80. The van der Waals surface area contributed by atoms with Crippen molar-refractivity contribution in [2.75, 3.05) is 19.8 Å². The van der Waals surface area contributed by atoms with Crippen LogP contribution in [0, 0.1) is 11.3 Å².